The van der Waals surface area contributed by atoms with Gasteiger partial charge in [-0.15, -0.1) is 0 Å². The van der Waals surface area contributed by atoms with Crippen molar-refractivity contribution in [2.24, 2.45) is 0 Å². The number of rotatable bonds is 6. The van der Waals surface area contributed by atoms with Crippen LogP contribution in [0, 0.1) is 0 Å². The van der Waals surface area contributed by atoms with Gasteiger partial charge in [-0.05, 0) is 107 Å². The fourth-order valence-corrected chi connectivity index (χ4v) is 10.1. The lowest BCUT2D eigenvalue weighted by Gasteiger charge is -2.33. The van der Waals surface area contributed by atoms with Gasteiger partial charge in [-0.3, -0.25) is 9.47 Å². The summed E-state index contributed by atoms with van der Waals surface area (Å²) >= 11 is 1.85. The van der Waals surface area contributed by atoms with Gasteiger partial charge in [0.05, 0.1) is 27.2 Å². The van der Waals surface area contributed by atoms with Gasteiger partial charge in [-0.1, -0.05) is 139 Å². The Morgan fingerprint density at radius 1 is 0.458 bits per heavy atom. The SMILES string of the molecule is c1ccc(-n2c3c(c4ccccc42)Sc2ccccc2N3c2ccc(N(c3ccc(-c4cccc5ccccc45)cc3)c3cccc4oc5ccccc5c34)cc2)cc1. The summed E-state index contributed by atoms with van der Waals surface area (Å²) in [5.41, 5.74) is 11.9. The van der Waals surface area contributed by atoms with Crippen LogP contribution in [-0.2, 0) is 0 Å². The number of benzene rings is 9. The average Bonchev–Trinajstić information content (AvgIpc) is 3.85. The Kier molecular flexibility index (Phi) is 7.75. The maximum atomic E-state index is 6.43. The molecule has 5 heteroatoms. The summed E-state index contributed by atoms with van der Waals surface area (Å²) in [7, 11) is 0. The van der Waals surface area contributed by atoms with Crippen LogP contribution in [-0.4, -0.2) is 4.57 Å². The molecular formula is C54H35N3OS. The first kappa shape index (κ1) is 33.6. The lowest BCUT2D eigenvalue weighted by Crippen LogP contribution is -2.18. The molecule has 2 aromatic heterocycles. The molecule has 12 rings (SSSR count). The van der Waals surface area contributed by atoms with Crippen molar-refractivity contribution in [1.29, 1.82) is 0 Å². The van der Waals surface area contributed by atoms with Crippen LogP contribution in [0.25, 0.3) is 60.4 Å². The zero-order valence-corrected chi connectivity index (χ0v) is 32.7. The molecule has 278 valence electrons. The Balaban J connectivity index is 1.04. The van der Waals surface area contributed by atoms with Gasteiger partial charge in [0.1, 0.15) is 17.0 Å². The molecule has 59 heavy (non-hydrogen) atoms. The van der Waals surface area contributed by atoms with Crippen molar-refractivity contribution < 1.29 is 4.42 Å². The topological polar surface area (TPSA) is 24.6 Å². The van der Waals surface area contributed by atoms with E-state index < -0.39 is 0 Å². The fourth-order valence-electron chi connectivity index (χ4n) is 8.94. The second-order valence-corrected chi connectivity index (χ2v) is 16.0. The molecule has 0 spiro atoms. The van der Waals surface area contributed by atoms with Crippen LogP contribution < -0.4 is 9.80 Å². The van der Waals surface area contributed by atoms with Crippen molar-refractivity contribution in [2.45, 2.75) is 9.79 Å². The Morgan fingerprint density at radius 3 is 1.95 bits per heavy atom. The van der Waals surface area contributed by atoms with E-state index in [1.807, 2.05) is 17.8 Å². The van der Waals surface area contributed by atoms with E-state index in [4.69, 9.17) is 4.42 Å². The van der Waals surface area contributed by atoms with Crippen molar-refractivity contribution in [3.8, 4) is 16.8 Å². The van der Waals surface area contributed by atoms with Crippen molar-refractivity contribution in [1.82, 2.24) is 4.57 Å². The first-order valence-electron chi connectivity index (χ1n) is 19.9. The number of hydrogen-bond acceptors (Lipinski definition) is 4. The molecule has 4 nitrogen and oxygen atoms in total. The van der Waals surface area contributed by atoms with Crippen LogP contribution >= 0.6 is 11.8 Å². The van der Waals surface area contributed by atoms with Gasteiger partial charge in [-0.2, -0.15) is 0 Å². The molecule has 0 radical (unpaired) electrons. The van der Waals surface area contributed by atoms with Gasteiger partial charge in [0.25, 0.3) is 0 Å². The first-order chi connectivity index (χ1) is 29.3. The number of nitrogens with zero attached hydrogens (tertiary/aromatic N) is 3. The standard InChI is InChI=1S/C54H35N3OS/c1-2-16-38(17-3-1)56-46-22-8-6-19-44(46)53-54(56)57(47-23-9-11-27-51(47)59-53)41-34-32-40(33-35-41)55(48-24-13-26-50-52(48)45-20-7-10-25-49(45)58-50)39-30-28-37(29-31-39)43-21-12-15-36-14-4-5-18-42(36)43/h1-35H. The molecule has 0 atom stereocenters. The lowest BCUT2D eigenvalue weighted by atomic mass is 9.98. The predicted octanol–water partition coefficient (Wildman–Crippen LogP) is 15.8. The van der Waals surface area contributed by atoms with E-state index in [1.165, 1.54) is 42.6 Å². The summed E-state index contributed by atoms with van der Waals surface area (Å²) in [6.07, 6.45) is 0. The van der Waals surface area contributed by atoms with Crippen LogP contribution in [0.3, 0.4) is 0 Å². The first-order valence-corrected chi connectivity index (χ1v) is 20.7. The quantitative estimate of drug-likeness (QED) is 0.168. The zero-order valence-electron chi connectivity index (χ0n) is 31.9. The lowest BCUT2D eigenvalue weighted by molar-refractivity contribution is 0.669. The molecular weight excluding hydrogens is 739 g/mol. The van der Waals surface area contributed by atoms with E-state index in [-0.39, 0.29) is 0 Å². The summed E-state index contributed by atoms with van der Waals surface area (Å²) < 4.78 is 8.85. The van der Waals surface area contributed by atoms with Gasteiger partial charge in [-0.25, -0.2) is 0 Å². The second-order valence-electron chi connectivity index (χ2n) is 14.9. The number of para-hydroxylation sites is 4. The monoisotopic (exact) mass is 773 g/mol. The van der Waals surface area contributed by atoms with E-state index in [0.717, 1.165) is 61.9 Å². The van der Waals surface area contributed by atoms with Crippen LogP contribution in [0.5, 0.6) is 0 Å². The molecule has 0 N–H and O–H groups in total. The number of hydrogen-bond donors (Lipinski definition) is 0. The van der Waals surface area contributed by atoms with Crippen molar-refractivity contribution >= 4 is 89.6 Å². The molecule has 1 aliphatic heterocycles. The third-order valence-electron chi connectivity index (χ3n) is 11.6. The van der Waals surface area contributed by atoms with E-state index in [2.05, 4.69) is 221 Å². The van der Waals surface area contributed by atoms with E-state index in [9.17, 15) is 0 Å². The Morgan fingerprint density at radius 2 is 1.10 bits per heavy atom. The highest BCUT2D eigenvalue weighted by molar-refractivity contribution is 8.00. The Labute approximate surface area is 345 Å². The van der Waals surface area contributed by atoms with Gasteiger partial charge >= 0.3 is 0 Å². The molecule has 0 saturated heterocycles. The van der Waals surface area contributed by atoms with Crippen LogP contribution in [0.15, 0.2) is 227 Å². The number of fused-ring (bicyclic) bond motifs is 8. The molecule has 11 aromatic rings. The fraction of sp³-hybridized carbons (Fsp3) is 0. The summed E-state index contributed by atoms with van der Waals surface area (Å²) in [5.74, 6) is 1.14. The number of anilines is 6. The molecule has 1 aliphatic rings. The Hall–Kier alpha value is -7.47. The van der Waals surface area contributed by atoms with Crippen LogP contribution in [0.4, 0.5) is 34.3 Å². The second kappa shape index (κ2) is 13.6. The molecule has 3 heterocycles. The van der Waals surface area contributed by atoms with Crippen LogP contribution in [0.1, 0.15) is 0 Å². The minimum Gasteiger partial charge on any atom is -0.456 e. The van der Waals surface area contributed by atoms with Crippen molar-refractivity contribution in [3.63, 3.8) is 0 Å². The minimum absolute atomic E-state index is 0.862. The van der Waals surface area contributed by atoms with Gasteiger partial charge in [0, 0.05) is 38.4 Å². The largest absolute Gasteiger partial charge is 0.456 e. The van der Waals surface area contributed by atoms with Crippen molar-refractivity contribution in [3.05, 3.63) is 212 Å². The average molecular weight is 774 g/mol. The molecule has 0 amide bonds. The zero-order chi connectivity index (χ0) is 38.9. The van der Waals surface area contributed by atoms with Crippen LogP contribution in [0.2, 0.25) is 0 Å². The van der Waals surface area contributed by atoms with E-state index >= 15 is 0 Å². The van der Waals surface area contributed by atoms with Gasteiger partial charge in [0.2, 0.25) is 0 Å². The maximum absolute atomic E-state index is 6.43. The van der Waals surface area contributed by atoms with Gasteiger partial charge < -0.3 is 9.32 Å². The molecule has 0 saturated carbocycles. The normalized spacial score (nSPS) is 12.3. The molecule has 0 fully saturated rings. The van der Waals surface area contributed by atoms with Gasteiger partial charge in [0.15, 0.2) is 0 Å². The summed E-state index contributed by atoms with van der Waals surface area (Å²) in [6.45, 7) is 0. The highest BCUT2D eigenvalue weighted by Crippen LogP contribution is 2.56. The molecule has 9 aromatic carbocycles. The third-order valence-corrected chi connectivity index (χ3v) is 12.7. The Bertz CT molecular complexity index is 3360. The smallest absolute Gasteiger partial charge is 0.137 e. The summed E-state index contributed by atoms with van der Waals surface area (Å²) in [4.78, 5) is 7.28. The third kappa shape index (κ3) is 5.39. The van der Waals surface area contributed by atoms with E-state index in [0.29, 0.717) is 0 Å². The molecule has 0 aliphatic carbocycles. The number of aromatic nitrogens is 1. The molecule has 0 bridgehead atoms. The summed E-state index contributed by atoms with van der Waals surface area (Å²) in [5, 5.41) is 5.91. The number of furan rings is 1. The summed E-state index contributed by atoms with van der Waals surface area (Å²) in [6, 6.07) is 76.1. The highest BCUT2D eigenvalue weighted by atomic mass is 32.2. The maximum Gasteiger partial charge on any atom is 0.137 e. The molecule has 0 unspecified atom stereocenters. The minimum atomic E-state index is 0.862. The highest BCUT2D eigenvalue weighted by Gasteiger charge is 2.32. The van der Waals surface area contributed by atoms with E-state index in [1.54, 1.807) is 0 Å². The predicted molar refractivity (Wildman–Crippen MR) is 247 cm³/mol. The van der Waals surface area contributed by atoms with Crippen molar-refractivity contribution in [2.75, 3.05) is 9.80 Å².